The van der Waals surface area contributed by atoms with Crippen LogP contribution in [-0.2, 0) is 17.9 Å². The maximum Gasteiger partial charge on any atom is 0.244 e. The summed E-state index contributed by atoms with van der Waals surface area (Å²) in [4.78, 5) is 8.25. The molecule has 0 saturated heterocycles. The summed E-state index contributed by atoms with van der Waals surface area (Å²) in [5, 5.41) is 8.25. The molecule has 0 aliphatic heterocycles. The molecule has 1 heterocycles. The van der Waals surface area contributed by atoms with Gasteiger partial charge in [-0.15, -0.1) is 0 Å². The third-order valence-corrected chi connectivity index (χ3v) is 2.46. The third kappa shape index (κ3) is 2.39. The molecule has 0 aliphatic carbocycles. The Morgan fingerprint density at radius 1 is 1.38 bits per heavy atom. The highest BCUT2D eigenvalue weighted by molar-refractivity contribution is 5.71. The fourth-order valence-electron chi connectivity index (χ4n) is 1.75. The summed E-state index contributed by atoms with van der Waals surface area (Å²) in [6.07, 6.45) is 2.19. The number of imidazole rings is 1. The average Bonchev–Trinajstić information content (AvgIpc) is 2.68. The highest BCUT2D eigenvalue weighted by Crippen LogP contribution is 2.09. The van der Waals surface area contributed by atoms with Crippen molar-refractivity contribution in [2.75, 3.05) is 0 Å². The largest absolute Gasteiger partial charge is 0.554 e. The summed E-state index contributed by atoms with van der Waals surface area (Å²) in [6.45, 7) is 5.92. The lowest BCUT2D eigenvalue weighted by molar-refractivity contribution is -0.668. The van der Waals surface area contributed by atoms with Crippen molar-refractivity contribution in [3.63, 3.8) is 0 Å². The fraction of sp³-hybridized carbons (Fsp3) is 0.333. The molecular formula is C12H16N2O2. The van der Waals surface area contributed by atoms with E-state index in [4.69, 9.17) is 9.90 Å². The van der Waals surface area contributed by atoms with Crippen LogP contribution in [0.2, 0.25) is 0 Å². The van der Waals surface area contributed by atoms with E-state index in [1.54, 1.807) is 0 Å². The second-order valence-corrected chi connectivity index (χ2v) is 3.27. The first-order valence-electron chi connectivity index (χ1n) is 5.31. The number of nitrogens with zero attached hydrogens (tertiary/aromatic N) is 2. The number of aryl methyl sites for hydroxylation is 2. The normalized spacial score (nSPS) is 9.62. The van der Waals surface area contributed by atoms with Crippen molar-refractivity contribution in [3.8, 4) is 0 Å². The molecule has 0 aliphatic rings. The van der Waals surface area contributed by atoms with Crippen LogP contribution in [0.5, 0.6) is 0 Å². The number of hydrogen-bond acceptors (Lipinski definition) is 2. The zero-order valence-corrected chi connectivity index (χ0v) is 9.59. The van der Waals surface area contributed by atoms with Crippen LogP contribution in [0.25, 0.3) is 11.0 Å². The van der Waals surface area contributed by atoms with Crippen molar-refractivity contribution in [2.24, 2.45) is 0 Å². The molecule has 16 heavy (non-hydrogen) atoms. The third-order valence-electron chi connectivity index (χ3n) is 2.46. The van der Waals surface area contributed by atoms with E-state index in [1.165, 1.54) is 11.0 Å². The molecule has 1 aromatic carbocycles. The van der Waals surface area contributed by atoms with Gasteiger partial charge in [0.25, 0.3) is 0 Å². The van der Waals surface area contributed by atoms with Crippen molar-refractivity contribution in [3.05, 3.63) is 30.6 Å². The quantitative estimate of drug-likeness (QED) is 0.541. The van der Waals surface area contributed by atoms with Crippen LogP contribution in [0.4, 0.5) is 0 Å². The molecule has 4 nitrogen and oxygen atoms in total. The summed E-state index contributed by atoms with van der Waals surface area (Å²) < 4.78 is 4.55. The summed E-state index contributed by atoms with van der Waals surface area (Å²) in [5.41, 5.74) is 2.65. The number of rotatable bonds is 2. The molecule has 0 saturated carbocycles. The van der Waals surface area contributed by atoms with E-state index in [2.05, 4.69) is 53.6 Å². The van der Waals surface area contributed by atoms with Gasteiger partial charge in [0.1, 0.15) is 0 Å². The van der Waals surface area contributed by atoms with Crippen molar-refractivity contribution >= 4 is 17.5 Å². The van der Waals surface area contributed by atoms with E-state index >= 15 is 0 Å². The minimum atomic E-state index is -0.500. The number of carboxylic acid groups (broad SMARTS) is 1. The van der Waals surface area contributed by atoms with Gasteiger partial charge >= 0.3 is 0 Å². The van der Waals surface area contributed by atoms with Crippen LogP contribution in [0, 0.1) is 0 Å². The van der Waals surface area contributed by atoms with Crippen LogP contribution < -0.4 is 9.67 Å². The Bertz CT molecular complexity index is 425. The van der Waals surface area contributed by atoms with Crippen molar-refractivity contribution in [1.29, 1.82) is 0 Å². The molecule has 0 radical (unpaired) electrons. The Labute approximate surface area is 94.7 Å². The highest BCUT2D eigenvalue weighted by Gasteiger charge is 2.11. The molecule has 0 atom stereocenters. The second-order valence-electron chi connectivity index (χ2n) is 3.27. The number of fused-ring (bicyclic) bond motifs is 1. The molecule has 0 fully saturated rings. The number of para-hydroxylation sites is 2. The molecule has 0 N–H and O–H groups in total. The SMILES string of the molecule is CCn1c[n+](CC)c2ccccc21.O=C[O-]. The maximum absolute atomic E-state index is 8.25. The minimum Gasteiger partial charge on any atom is -0.554 e. The first kappa shape index (κ1) is 12.2. The molecule has 0 spiro atoms. The lowest BCUT2D eigenvalue weighted by Crippen LogP contribution is -2.30. The summed E-state index contributed by atoms with van der Waals surface area (Å²) >= 11 is 0. The highest BCUT2D eigenvalue weighted by atomic mass is 16.3. The number of hydrogen-bond donors (Lipinski definition) is 0. The Morgan fingerprint density at radius 2 is 2.00 bits per heavy atom. The zero-order chi connectivity index (χ0) is 12.0. The predicted molar refractivity (Wildman–Crippen MR) is 59.5 cm³/mol. The van der Waals surface area contributed by atoms with Crippen LogP contribution in [0.1, 0.15) is 13.8 Å². The molecule has 0 unspecified atom stereocenters. The van der Waals surface area contributed by atoms with E-state index in [0.717, 1.165) is 13.1 Å². The first-order valence-corrected chi connectivity index (χ1v) is 5.31. The number of benzene rings is 1. The monoisotopic (exact) mass is 220 g/mol. The van der Waals surface area contributed by atoms with Crippen LogP contribution in [0.15, 0.2) is 30.6 Å². The van der Waals surface area contributed by atoms with Gasteiger partial charge in [0.2, 0.25) is 6.33 Å². The minimum absolute atomic E-state index is 0.500. The maximum atomic E-state index is 8.25. The van der Waals surface area contributed by atoms with Gasteiger partial charge in [-0.2, -0.15) is 0 Å². The van der Waals surface area contributed by atoms with Gasteiger partial charge < -0.3 is 9.90 Å². The molecule has 0 amide bonds. The summed E-state index contributed by atoms with van der Waals surface area (Å²) in [7, 11) is 0. The Morgan fingerprint density at radius 3 is 2.56 bits per heavy atom. The number of carbonyl (C=O) groups is 1. The van der Waals surface area contributed by atoms with Crippen LogP contribution in [0.3, 0.4) is 0 Å². The first-order chi connectivity index (χ1) is 7.78. The van der Waals surface area contributed by atoms with E-state index in [1.807, 2.05) is 0 Å². The lowest BCUT2D eigenvalue weighted by Gasteiger charge is -1.88. The molecule has 86 valence electrons. The van der Waals surface area contributed by atoms with E-state index < -0.39 is 6.47 Å². The van der Waals surface area contributed by atoms with Gasteiger partial charge in [0, 0.05) is 6.47 Å². The molecule has 0 bridgehead atoms. The van der Waals surface area contributed by atoms with Gasteiger partial charge in [-0.05, 0) is 26.0 Å². The smallest absolute Gasteiger partial charge is 0.244 e. The Balaban J connectivity index is 0.000000386. The lowest BCUT2D eigenvalue weighted by atomic mass is 10.3. The molecule has 4 heteroatoms. The number of carbonyl (C=O) groups excluding carboxylic acids is 1. The molecule has 2 rings (SSSR count). The van der Waals surface area contributed by atoms with Crippen LogP contribution in [-0.4, -0.2) is 11.0 Å². The van der Waals surface area contributed by atoms with Gasteiger partial charge in [0.05, 0.1) is 13.1 Å². The predicted octanol–water partition coefficient (Wildman–Crippen LogP) is 0.335. The van der Waals surface area contributed by atoms with E-state index in [9.17, 15) is 0 Å². The number of aromatic nitrogens is 2. The van der Waals surface area contributed by atoms with Crippen molar-refractivity contribution in [2.45, 2.75) is 26.9 Å². The van der Waals surface area contributed by atoms with Gasteiger partial charge in [-0.25, -0.2) is 9.13 Å². The Kier molecular flexibility index (Phi) is 4.51. The average molecular weight is 220 g/mol. The molecule has 1 aromatic heterocycles. The Hall–Kier alpha value is -1.84. The van der Waals surface area contributed by atoms with Crippen molar-refractivity contribution in [1.82, 2.24) is 4.57 Å². The van der Waals surface area contributed by atoms with E-state index in [0.29, 0.717) is 0 Å². The van der Waals surface area contributed by atoms with Gasteiger partial charge in [0.15, 0.2) is 11.0 Å². The zero-order valence-electron chi connectivity index (χ0n) is 9.59. The molecular weight excluding hydrogens is 204 g/mol. The fourth-order valence-corrected chi connectivity index (χ4v) is 1.75. The topological polar surface area (TPSA) is 48.9 Å². The standard InChI is InChI=1S/C11H15N2.CH2O2/c1-3-12-9-13(4-2)11-8-6-5-7-10(11)12;2-1-3/h5-9H,3-4H2,1-2H3;1H,(H,2,3)/q+1;/p-1. The second kappa shape index (κ2) is 5.90. The summed E-state index contributed by atoms with van der Waals surface area (Å²) in [6, 6.07) is 8.53. The van der Waals surface area contributed by atoms with Gasteiger partial charge in [-0.1, -0.05) is 12.1 Å². The van der Waals surface area contributed by atoms with Crippen molar-refractivity contribution < 1.29 is 14.5 Å². The van der Waals surface area contributed by atoms with Crippen LogP contribution >= 0.6 is 0 Å². The van der Waals surface area contributed by atoms with E-state index in [-0.39, 0.29) is 0 Å². The summed E-state index contributed by atoms with van der Waals surface area (Å²) in [5.74, 6) is 0. The van der Waals surface area contributed by atoms with Gasteiger partial charge in [-0.3, -0.25) is 0 Å². The molecule has 2 aromatic rings.